The fourth-order valence-corrected chi connectivity index (χ4v) is 18.3. The minimum atomic E-state index is -2.76. The maximum absolute atomic E-state index is 2.76. The number of hydrogen-bond acceptors (Lipinski definition) is 0. The van der Waals surface area contributed by atoms with Crippen LogP contribution >= 0.6 is 0 Å². The quantitative estimate of drug-likeness (QED) is 0.237. The summed E-state index contributed by atoms with van der Waals surface area (Å²) in [5.74, 6) is 0.712. The number of rotatable bonds is 9. The van der Waals surface area contributed by atoms with E-state index in [0.29, 0.717) is 5.92 Å². The van der Waals surface area contributed by atoms with Crippen molar-refractivity contribution < 1.29 is 16.6 Å². The first-order valence-electron chi connectivity index (χ1n) is 14.4. The molecule has 0 radical (unpaired) electrons. The van der Waals surface area contributed by atoms with E-state index >= 15 is 0 Å². The summed E-state index contributed by atoms with van der Waals surface area (Å²) in [6.45, 7) is 10.3. The molecule has 1 atom stereocenters. The van der Waals surface area contributed by atoms with Crippen LogP contribution < -0.4 is 0 Å². The van der Waals surface area contributed by atoms with Crippen molar-refractivity contribution in [1.29, 1.82) is 0 Å². The van der Waals surface area contributed by atoms with Gasteiger partial charge >= 0.3 is 231 Å². The Kier molecular flexibility index (Phi) is 8.25. The van der Waals surface area contributed by atoms with Crippen molar-refractivity contribution in [1.82, 2.24) is 0 Å². The zero-order valence-corrected chi connectivity index (χ0v) is 26.0. The summed E-state index contributed by atoms with van der Waals surface area (Å²) in [6, 6.07) is 35.9. The summed E-state index contributed by atoms with van der Waals surface area (Å²) >= 11 is -2.76. The van der Waals surface area contributed by atoms with Gasteiger partial charge in [-0.05, 0) is 0 Å². The molecule has 0 fully saturated rings. The monoisotopic (exact) mass is 540 g/mol. The Morgan fingerprint density at radius 1 is 0.649 bits per heavy atom. The molecule has 0 aromatic heterocycles. The summed E-state index contributed by atoms with van der Waals surface area (Å²) in [7, 11) is -1.20. The molecule has 0 aliphatic heterocycles. The molecule has 0 N–H and O–H groups in total. The first-order chi connectivity index (χ1) is 17.8. The van der Waals surface area contributed by atoms with Crippen LogP contribution in [0.15, 0.2) is 112 Å². The second kappa shape index (κ2) is 11.4. The first-order valence-corrected chi connectivity index (χ1v) is 22.2. The number of allylic oxidation sites excluding steroid dienone is 4. The molecule has 37 heavy (non-hydrogen) atoms. The average Bonchev–Trinajstić information content (AvgIpc) is 3.16. The maximum atomic E-state index is 2.58. The molecule has 0 saturated carbocycles. The fraction of sp³-hybridized carbons (Fsp3) is 0.371. The van der Waals surface area contributed by atoms with Gasteiger partial charge in [-0.25, -0.2) is 0 Å². The van der Waals surface area contributed by atoms with Gasteiger partial charge in [0.2, 0.25) is 0 Å². The number of hydrogen-bond donors (Lipinski definition) is 0. The second-order valence-electron chi connectivity index (χ2n) is 12.9. The molecule has 3 aromatic carbocycles. The van der Waals surface area contributed by atoms with Crippen LogP contribution in [0, 0.1) is 5.92 Å². The summed E-state index contributed by atoms with van der Waals surface area (Å²) in [6.07, 6.45) is 5.41. The third-order valence-corrected chi connectivity index (χ3v) is 18.1. The van der Waals surface area contributed by atoms with Gasteiger partial charge in [0.1, 0.15) is 0 Å². The van der Waals surface area contributed by atoms with Gasteiger partial charge in [0.05, 0.1) is 0 Å². The van der Waals surface area contributed by atoms with Crippen molar-refractivity contribution in [3.05, 3.63) is 128 Å². The van der Waals surface area contributed by atoms with Crippen LogP contribution in [0.4, 0.5) is 0 Å². The van der Waals surface area contributed by atoms with E-state index in [-0.39, 0.29) is 0 Å². The van der Waals surface area contributed by atoms with Crippen molar-refractivity contribution >= 4 is 8.07 Å². The second-order valence-corrected chi connectivity index (χ2v) is 24.8. The van der Waals surface area contributed by atoms with E-state index in [1.165, 1.54) is 45.9 Å². The first kappa shape index (κ1) is 26.7. The Balaban J connectivity index is 1.72. The van der Waals surface area contributed by atoms with Gasteiger partial charge in [0, 0.05) is 0 Å². The summed E-state index contributed by atoms with van der Waals surface area (Å²) < 4.78 is 5.74. The van der Waals surface area contributed by atoms with Gasteiger partial charge in [-0.2, -0.15) is 0 Å². The average molecular weight is 541 g/mol. The standard InChI is InChI=1S/C14H23Si.3C7H7.Ti/c1-11-9-12-7-5-6-8-13(12)14(11)10-15(2,3)4;3*1-7-5-3-2-4-6-7;/h14H,5-8,10H2,1-4H3;3*2-6H,1H2;. The van der Waals surface area contributed by atoms with Gasteiger partial charge < -0.3 is 0 Å². The Labute approximate surface area is 230 Å². The van der Waals surface area contributed by atoms with E-state index in [0.717, 1.165) is 0 Å². The molecule has 0 amide bonds. The minimum absolute atomic E-state index is 0.712. The van der Waals surface area contributed by atoms with E-state index in [1.54, 1.807) is 22.3 Å². The van der Waals surface area contributed by atoms with Gasteiger partial charge in [0.25, 0.3) is 0 Å². The molecule has 0 heterocycles. The van der Waals surface area contributed by atoms with Gasteiger partial charge in [-0.3, -0.25) is 0 Å². The molecule has 2 aliphatic carbocycles. The van der Waals surface area contributed by atoms with E-state index in [9.17, 15) is 0 Å². The van der Waals surface area contributed by atoms with Crippen molar-refractivity contribution in [3.63, 3.8) is 0 Å². The normalized spacial score (nSPS) is 18.3. The fourth-order valence-electron chi connectivity index (χ4n) is 7.31. The SMILES string of the molecule is CC1=[C]([Ti]([CH2]c2ccccc2)([CH2]c2ccccc2)[CH2]c2ccccc2)C2=C(CCCC2)C1C[Si](C)(C)C. The van der Waals surface area contributed by atoms with Crippen LogP contribution in [0.1, 0.15) is 49.3 Å². The van der Waals surface area contributed by atoms with Crippen molar-refractivity contribution in [2.24, 2.45) is 5.92 Å². The molecule has 0 spiro atoms. The Morgan fingerprint density at radius 2 is 1.08 bits per heavy atom. The third kappa shape index (κ3) is 6.22. The van der Waals surface area contributed by atoms with Crippen molar-refractivity contribution in [3.8, 4) is 0 Å². The zero-order chi connectivity index (χ0) is 25.9. The van der Waals surface area contributed by atoms with Crippen LogP contribution in [0.25, 0.3) is 0 Å². The molecule has 3 aromatic rings. The molecular formula is C35H44SiTi. The van der Waals surface area contributed by atoms with Crippen LogP contribution in [0.3, 0.4) is 0 Å². The van der Waals surface area contributed by atoms with Crippen LogP contribution in [-0.4, -0.2) is 8.07 Å². The van der Waals surface area contributed by atoms with Crippen LogP contribution in [0.2, 0.25) is 25.7 Å². The van der Waals surface area contributed by atoms with Gasteiger partial charge in [-0.15, -0.1) is 0 Å². The topological polar surface area (TPSA) is 0 Å². The molecule has 0 saturated heterocycles. The van der Waals surface area contributed by atoms with Gasteiger partial charge in [-0.1, -0.05) is 0 Å². The summed E-state index contributed by atoms with van der Waals surface area (Å²) in [4.78, 5) is 0. The molecule has 5 rings (SSSR count). The Hall–Kier alpha value is -1.93. The van der Waals surface area contributed by atoms with Crippen LogP contribution in [0.5, 0.6) is 0 Å². The van der Waals surface area contributed by atoms with Crippen molar-refractivity contribution in [2.45, 2.75) is 72.5 Å². The molecule has 2 heteroatoms. The molecular weight excluding hydrogens is 496 g/mol. The van der Waals surface area contributed by atoms with Crippen LogP contribution in [-0.2, 0) is 30.8 Å². The summed E-state index contributed by atoms with van der Waals surface area (Å²) in [5, 5.41) is 0. The Bertz CT molecular complexity index is 1150. The van der Waals surface area contributed by atoms with E-state index in [4.69, 9.17) is 0 Å². The third-order valence-electron chi connectivity index (χ3n) is 8.65. The Morgan fingerprint density at radius 3 is 1.51 bits per heavy atom. The van der Waals surface area contributed by atoms with Gasteiger partial charge in [0.15, 0.2) is 0 Å². The van der Waals surface area contributed by atoms with E-state index in [2.05, 4.69) is 118 Å². The predicted molar refractivity (Wildman–Crippen MR) is 160 cm³/mol. The zero-order valence-electron chi connectivity index (χ0n) is 23.4. The van der Waals surface area contributed by atoms with E-state index in [1.807, 2.05) is 15.0 Å². The van der Waals surface area contributed by atoms with E-state index < -0.39 is 24.7 Å². The summed E-state index contributed by atoms with van der Waals surface area (Å²) in [5.41, 5.74) is 10.1. The number of benzene rings is 3. The molecule has 0 nitrogen and oxygen atoms in total. The predicted octanol–water partition coefficient (Wildman–Crippen LogP) is 9.85. The molecule has 192 valence electrons. The molecule has 0 bridgehead atoms. The molecule has 1 unspecified atom stereocenters. The van der Waals surface area contributed by atoms with Crippen molar-refractivity contribution in [2.75, 3.05) is 0 Å². The molecule has 2 aliphatic rings.